The Hall–Kier alpha value is -0.120. The highest BCUT2D eigenvalue weighted by Crippen LogP contribution is 1.66. The summed E-state index contributed by atoms with van der Waals surface area (Å²) in [6, 6.07) is 0. The van der Waals surface area contributed by atoms with Crippen molar-refractivity contribution in [2.45, 2.75) is 20.8 Å². The van der Waals surface area contributed by atoms with E-state index in [9.17, 15) is 0 Å². The van der Waals surface area contributed by atoms with Crippen LogP contribution in [-0.4, -0.2) is 38.0 Å². The van der Waals surface area contributed by atoms with Gasteiger partial charge in [0.15, 0.2) is 0 Å². The minimum atomic E-state index is 0.133. The van der Waals surface area contributed by atoms with Crippen LogP contribution in [-0.2, 0) is 4.74 Å². The third kappa shape index (κ3) is 25.8. The molecule has 3 heteroatoms. The summed E-state index contributed by atoms with van der Waals surface area (Å²) in [5.41, 5.74) is 0. The minimum absolute atomic E-state index is 0.133. The van der Waals surface area contributed by atoms with Crippen LogP contribution in [0.4, 0.5) is 0 Å². The number of aliphatic hydroxyl groups excluding tert-OH is 1. The van der Waals surface area contributed by atoms with Gasteiger partial charge >= 0.3 is 0 Å². The van der Waals surface area contributed by atoms with E-state index in [2.05, 4.69) is 19.2 Å². The quantitative estimate of drug-likeness (QED) is 0.584. The molecule has 11 heavy (non-hydrogen) atoms. The molecule has 0 unspecified atom stereocenters. The lowest BCUT2D eigenvalue weighted by Crippen LogP contribution is -2.09. The van der Waals surface area contributed by atoms with E-state index < -0.39 is 0 Å². The molecule has 0 aromatic heterocycles. The van der Waals surface area contributed by atoms with Gasteiger partial charge in [0, 0.05) is 6.61 Å². The van der Waals surface area contributed by atoms with Crippen molar-refractivity contribution in [3.8, 4) is 0 Å². The van der Waals surface area contributed by atoms with E-state index in [4.69, 9.17) is 9.84 Å². The molecule has 0 saturated heterocycles. The van der Waals surface area contributed by atoms with E-state index in [0.717, 1.165) is 13.1 Å². The van der Waals surface area contributed by atoms with E-state index in [0.29, 0.717) is 13.2 Å². The van der Waals surface area contributed by atoms with Crippen LogP contribution in [0.2, 0.25) is 0 Å². The number of ether oxygens (including phenoxy) is 1. The average molecular weight is 163 g/mol. The molecule has 0 spiro atoms. The van der Waals surface area contributed by atoms with Gasteiger partial charge in [0.1, 0.15) is 0 Å². The molecule has 70 valence electrons. The third-order valence-corrected chi connectivity index (χ3v) is 0.940. The molecule has 0 aliphatic heterocycles. The fraction of sp³-hybridized carbons (Fsp3) is 1.00. The van der Waals surface area contributed by atoms with Crippen molar-refractivity contribution >= 4 is 0 Å². The lowest BCUT2D eigenvalue weighted by Gasteiger charge is -1.91. The zero-order valence-corrected chi connectivity index (χ0v) is 7.89. The maximum Gasteiger partial charge on any atom is 0.0697 e. The Kier molecular flexibility index (Phi) is 20.2. The summed E-state index contributed by atoms with van der Waals surface area (Å²) in [6.07, 6.45) is 0. The molecule has 0 aromatic rings. The number of hydrogen-bond acceptors (Lipinski definition) is 3. The summed E-state index contributed by atoms with van der Waals surface area (Å²) < 4.78 is 4.73. The van der Waals surface area contributed by atoms with Crippen LogP contribution in [0, 0.1) is 0 Å². The van der Waals surface area contributed by atoms with Crippen molar-refractivity contribution in [2.24, 2.45) is 0 Å². The first kappa shape index (κ1) is 13.5. The molecule has 0 aromatic carbocycles. The van der Waals surface area contributed by atoms with Crippen LogP contribution in [0.25, 0.3) is 0 Å². The van der Waals surface area contributed by atoms with E-state index in [-0.39, 0.29) is 6.61 Å². The van der Waals surface area contributed by atoms with Gasteiger partial charge in [-0.25, -0.2) is 0 Å². The van der Waals surface area contributed by atoms with Crippen molar-refractivity contribution in [1.82, 2.24) is 5.32 Å². The summed E-state index contributed by atoms with van der Waals surface area (Å²) >= 11 is 0. The lowest BCUT2D eigenvalue weighted by atomic mass is 10.7. The van der Waals surface area contributed by atoms with Crippen molar-refractivity contribution in [3.05, 3.63) is 0 Å². The molecular formula is C8H21NO2. The highest BCUT2D eigenvalue weighted by atomic mass is 16.5. The Balaban J connectivity index is 0. The second kappa shape index (κ2) is 16.5. The molecule has 0 fully saturated rings. The largest absolute Gasteiger partial charge is 0.394 e. The third-order valence-electron chi connectivity index (χ3n) is 0.940. The first-order chi connectivity index (χ1) is 5.33. The highest BCUT2D eigenvalue weighted by Gasteiger charge is 1.73. The second-order valence-electron chi connectivity index (χ2n) is 1.88. The normalized spacial score (nSPS) is 8.73. The Morgan fingerprint density at radius 2 is 1.73 bits per heavy atom. The number of hydrogen-bond donors (Lipinski definition) is 2. The Morgan fingerprint density at radius 3 is 1.82 bits per heavy atom. The zero-order chi connectivity index (χ0) is 8.95. The Labute approximate surface area is 69.8 Å². The van der Waals surface area contributed by atoms with Crippen LogP contribution < -0.4 is 5.32 Å². The number of aliphatic hydroxyl groups is 1. The van der Waals surface area contributed by atoms with Crippen molar-refractivity contribution < 1.29 is 9.84 Å². The maximum absolute atomic E-state index is 8.07. The average Bonchev–Trinajstić information content (AvgIpc) is 2.04. The Morgan fingerprint density at radius 1 is 1.18 bits per heavy atom. The molecule has 0 aliphatic carbocycles. The van der Waals surface area contributed by atoms with E-state index in [1.165, 1.54) is 0 Å². The highest BCUT2D eigenvalue weighted by molar-refractivity contribution is 4.27. The lowest BCUT2D eigenvalue weighted by molar-refractivity contribution is 0.102. The van der Waals surface area contributed by atoms with Gasteiger partial charge in [-0.2, -0.15) is 0 Å². The number of rotatable bonds is 5. The van der Waals surface area contributed by atoms with Gasteiger partial charge in [-0.3, -0.25) is 0 Å². The molecule has 0 saturated carbocycles. The first-order valence-electron chi connectivity index (χ1n) is 4.22. The standard InChI is InChI=1S/C4H11N.C4H10O2/c1-3-5-4-2;1-2-6-4-3-5/h5H,3-4H2,1-2H3;5H,2-4H2,1H3. The smallest absolute Gasteiger partial charge is 0.0697 e. The molecule has 0 heterocycles. The summed E-state index contributed by atoms with van der Waals surface area (Å²) in [5.74, 6) is 0. The second-order valence-corrected chi connectivity index (χ2v) is 1.88. The van der Waals surface area contributed by atoms with Gasteiger partial charge in [0.05, 0.1) is 13.2 Å². The van der Waals surface area contributed by atoms with Crippen molar-refractivity contribution in [3.63, 3.8) is 0 Å². The number of nitrogens with one attached hydrogen (secondary N) is 1. The van der Waals surface area contributed by atoms with Crippen LogP contribution in [0.5, 0.6) is 0 Å². The molecule has 0 radical (unpaired) electrons. The molecule has 2 N–H and O–H groups in total. The molecule has 0 aliphatic rings. The molecule has 3 nitrogen and oxygen atoms in total. The molecule has 0 rings (SSSR count). The SMILES string of the molecule is CCNCC.CCOCCO. The predicted octanol–water partition coefficient (Wildman–Crippen LogP) is 0.631. The minimum Gasteiger partial charge on any atom is -0.394 e. The molecular weight excluding hydrogens is 142 g/mol. The summed E-state index contributed by atoms with van der Waals surface area (Å²) in [6.45, 7) is 9.58. The van der Waals surface area contributed by atoms with Gasteiger partial charge in [-0.1, -0.05) is 13.8 Å². The Bertz CT molecular complexity index is 45.4. The van der Waals surface area contributed by atoms with Gasteiger partial charge in [0.25, 0.3) is 0 Å². The van der Waals surface area contributed by atoms with Crippen molar-refractivity contribution in [2.75, 3.05) is 32.9 Å². The van der Waals surface area contributed by atoms with Crippen LogP contribution in [0.3, 0.4) is 0 Å². The predicted molar refractivity (Wildman–Crippen MR) is 47.8 cm³/mol. The van der Waals surface area contributed by atoms with Gasteiger partial charge < -0.3 is 15.2 Å². The van der Waals surface area contributed by atoms with Crippen LogP contribution in [0.15, 0.2) is 0 Å². The van der Waals surface area contributed by atoms with Crippen LogP contribution >= 0.6 is 0 Å². The van der Waals surface area contributed by atoms with E-state index >= 15 is 0 Å². The summed E-state index contributed by atoms with van der Waals surface area (Å²) in [7, 11) is 0. The van der Waals surface area contributed by atoms with Gasteiger partial charge in [-0.15, -0.1) is 0 Å². The van der Waals surface area contributed by atoms with Gasteiger partial charge in [0.2, 0.25) is 0 Å². The van der Waals surface area contributed by atoms with Crippen molar-refractivity contribution in [1.29, 1.82) is 0 Å². The van der Waals surface area contributed by atoms with E-state index in [1.807, 2.05) is 6.92 Å². The fourth-order valence-corrected chi connectivity index (χ4v) is 0.459. The van der Waals surface area contributed by atoms with Crippen LogP contribution in [0.1, 0.15) is 20.8 Å². The van der Waals surface area contributed by atoms with E-state index in [1.54, 1.807) is 0 Å². The molecule has 0 amide bonds. The fourth-order valence-electron chi connectivity index (χ4n) is 0.459. The first-order valence-corrected chi connectivity index (χ1v) is 4.22. The molecule has 0 atom stereocenters. The topological polar surface area (TPSA) is 41.5 Å². The molecule has 0 bridgehead atoms. The zero-order valence-electron chi connectivity index (χ0n) is 7.89. The maximum atomic E-state index is 8.07. The summed E-state index contributed by atoms with van der Waals surface area (Å²) in [5, 5.41) is 11.2. The summed E-state index contributed by atoms with van der Waals surface area (Å²) in [4.78, 5) is 0. The monoisotopic (exact) mass is 163 g/mol. The van der Waals surface area contributed by atoms with Gasteiger partial charge in [-0.05, 0) is 20.0 Å².